The van der Waals surface area contributed by atoms with Gasteiger partial charge in [0.2, 0.25) is 0 Å². The molecular weight excluding hydrogens is 239 g/mol. The molecule has 0 N–H and O–H groups in total. The predicted molar refractivity (Wildman–Crippen MR) is 53.4 cm³/mol. The summed E-state index contributed by atoms with van der Waals surface area (Å²) in [6, 6.07) is 5.84. The number of allylic oxidation sites excluding steroid dienone is 1. The van der Waals surface area contributed by atoms with Gasteiger partial charge in [0.1, 0.15) is 0 Å². The van der Waals surface area contributed by atoms with E-state index in [4.69, 9.17) is 0 Å². The van der Waals surface area contributed by atoms with Gasteiger partial charge in [-0.15, -0.1) is 0 Å². The van der Waals surface area contributed by atoms with Crippen LogP contribution in [0.15, 0.2) is 30.3 Å². The van der Waals surface area contributed by atoms with Crippen LogP contribution in [0.2, 0.25) is 0 Å². The fraction of sp³-hybridized carbons (Fsp3) is 0.250. The van der Waals surface area contributed by atoms with Crippen molar-refractivity contribution in [2.45, 2.75) is 18.5 Å². The lowest BCUT2D eigenvalue weighted by atomic mass is 9.82. The van der Waals surface area contributed by atoms with E-state index in [1.165, 1.54) is 24.3 Å². The second kappa shape index (κ2) is 3.82. The van der Waals surface area contributed by atoms with Crippen LogP contribution in [0.1, 0.15) is 17.5 Å². The van der Waals surface area contributed by atoms with Gasteiger partial charge in [-0.05, 0) is 17.5 Å². The van der Waals surface area contributed by atoms with Crippen LogP contribution in [0.3, 0.4) is 0 Å². The molecular formula is C12H8F5. The quantitative estimate of drug-likeness (QED) is 0.651. The first-order chi connectivity index (χ1) is 7.84. The van der Waals surface area contributed by atoms with Crippen molar-refractivity contribution < 1.29 is 22.0 Å². The third-order valence-corrected chi connectivity index (χ3v) is 2.64. The highest BCUT2D eigenvalue weighted by atomic mass is 19.4. The van der Waals surface area contributed by atoms with Crippen LogP contribution in [-0.2, 0) is 0 Å². The highest BCUT2D eigenvalue weighted by Crippen LogP contribution is 2.48. The van der Waals surface area contributed by atoms with E-state index in [1.54, 1.807) is 12.1 Å². The van der Waals surface area contributed by atoms with E-state index in [1.807, 2.05) is 0 Å². The summed E-state index contributed by atoms with van der Waals surface area (Å²) in [5.74, 6) is -5.67. The lowest BCUT2D eigenvalue weighted by molar-refractivity contribution is -0.272. The molecule has 0 unspecified atom stereocenters. The molecule has 1 aromatic rings. The molecule has 0 aliphatic heterocycles. The van der Waals surface area contributed by atoms with E-state index in [9.17, 15) is 22.0 Å². The molecule has 0 saturated carbocycles. The Morgan fingerprint density at radius 2 is 1.59 bits per heavy atom. The van der Waals surface area contributed by atoms with Crippen molar-refractivity contribution in [3.63, 3.8) is 0 Å². The normalized spacial score (nSPS) is 17.0. The number of halogens is 5. The van der Waals surface area contributed by atoms with Gasteiger partial charge in [0.05, 0.1) is 5.92 Å². The van der Waals surface area contributed by atoms with Crippen LogP contribution < -0.4 is 0 Å². The van der Waals surface area contributed by atoms with Gasteiger partial charge in [0.15, 0.2) is 0 Å². The fourth-order valence-corrected chi connectivity index (χ4v) is 1.80. The van der Waals surface area contributed by atoms with Crippen LogP contribution in [0.25, 0.3) is 6.08 Å². The summed E-state index contributed by atoms with van der Waals surface area (Å²) < 4.78 is 63.5. The van der Waals surface area contributed by atoms with Crippen LogP contribution in [0.5, 0.6) is 0 Å². The highest BCUT2D eigenvalue weighted by molar-refractivity contribution is 5.62. The molecule has 91 valence electrons. The Balaban J connectivity index is 2.46. The van der Waals surface area contributed by atoms with Crippen molar-refractivity contribution in [1.29, 1.82) is 0 Å². The Hall–Kier alpha value is -1.39. The molecule has 0 saturated heterocycles. The SMILES string of the molecule is FC(F)(F)C(F)(F)[C]1CC=Cc2ccccc21. The zero-order valence-electron chi connectivity index (χ0n) is 8.56. The molecule has 1 radical (unpaired) electrons. The van der Waals surface area contributed by atoms with Gasteiger partial charge in [-0.3, -0.25) is 0 Å². The molecule has 0 heterocycles. The van der Waals surface area contributed by atoms with Crippen LogP contribution in [0, 0.1) is 5.92 Å². The lowest BCUT2D eigenvalue weighted by Crippen LogP contribution is -2.43. The molecule has 0 aromatic heterocycles. The number of hydrogen-bond donors (Lipinski definition) is 0. The molecule has 1 aromatic carbocycles. The topological polar surface area (TPSA) is 0 Å². The largest absolute Gasteiger partial charge is 0.454 e. The lowest BCUT2D eigenvalue weighted by Gasteiger charge is -2.30. The van der Waals surface area contributed by atoms with E-state index in [0.717, 1.165) is 0 Å². The molecule has 1 aliphatic rings. The molecule has 5 heteroatoms. The van der Waals surface area contributed by atoms with Gasteiger partial charge < -0.3 is 0 Å². The van der Waals surface area contributed by atoms with Crippen molar-refractivity contribution in [2.24, 2.45) is 0 Å². The number of alkyl halides is 5. The second-order valence-corrected chi connectivity index (χ2v) is 3.74. The summed E-state index contributed by atoms with van der Waals surface area (Å²) in [6.45, 7) is 0. The molecule has 0 nitrogen and oxygen atoms in total. The molecule has 0 spiro atoms. The third kappa shape index (κ3) is 1.94. The summed E-state index contributed by atoms with van der Waals surface area (Å²) in [5, 5.41) is 0. The molecule has 1 aliphatic carbocycles. The van der Waals surface area contributed by atoms with Crippen molar-refractivity contribution in [3.05, 3.63) is 47.4 Å². The number of hydrogen-bond acceptors (Lipinski definition) is 0. The van der Waals surface area contributed by atoms with Crippen LogP contribution in [0.4, 0.5) is 22.0 Å². The maximum absolute atomic E-state index is 13.3. The zero-order valence-corrected chi connectivity index (χ0v) is 8.56. The van der Waals surface area contributed by atoms with Gasteiger partial charge in [0, 0.05) is 0 Å². The Morgan fingerprint density at radius 3 is 2.24 bits per heavy atom. The average molecular weight is 247 g/mol. The molecule has 2 rings (SSSR count). The molecule has 0 fully saturated rings. The van der Waals surface area contributed by atoms with Gasteiger partial charge in [0.25, 0.3) is 0 Å². The maximum Gasteiger partial charge on any atom is 0.454 e. The smallest absolute Gasteiger partial charge is 0.195 e. The van der Waals surface area contributed by atoms with E-state index in [2.05, 4.69) is 0 Å². The summed E-state index contributed by atoms with van der Waals surface area (Å²) in [7, 11) is 0. The zero-order chi connectivity index (χ0) is 12.7. The maximum atomic E-state index is 13.3. The first-order valence-corrected chi connectivity index (χ1v) is 4.91. The number of benzene rings is 1. The second-order valence-electron chi connectivity index (χ2n) is 3.74. The molecule has 0 amide bonds. The van der Waals surface area contributed by atoms with E-state index in [0.29, 0.717) is 5.56 Å². The Kier molecular flexibility index (Phi) is 2.72. The minimum absolute atomic E-state index is 0.0303. The first-order valence-electron chi connectivity index (χ1n) is 4.91. The van der Waals surface area contributed by atoms with Gasteiger partial charge in [-0.1, -0.05) is 36.4 Å². The van der Waals surface area contributed by atoms with Crippen LogP contribution >= 0.6 is 0 Å². The number of fused-ring (bicyclic) bond motifs is 1. The Morgan fingerprint density at radius 1 is 0.941 bits per heavy atom. The predicted octanol–water partition coefficient (Wildman–Crippen LogP) is 4.22. The molecule has 17 heavy (non-hydrogen) atoms. The van der Waals surface area contributed by atoms with Crippen molar-refractivity contribution >= 4 is 6.08 Å². The van der Waals surface area contributed by atoms with Crippen LogP contribution in [-0.4, -0.2) is 12.1 Å². The van der Waals surface area contributed by atoms with Crippen molar-refractivity contribution in [3.8, 4) is 0 Å². The number of rotatable bonds is 1. The Labute approximate surface area is 94.8 Å². The summed E-state index contributed by atoms with van der Waals surface area (Å²) >= 11 is 0. The van der Waals surface area contributed by atoms with Gasteiger partial charge >= 0.3 is 12.1 Å². The van der Waals surface area contributed by atoms with Gasteiger partial charge in [-0.25, -0.2) is 0 Å². The monoisotopic (exact) mass is 247 g/mol. The summed E-state index contributed by atoms with van der Waals surface area (Å²) in [5.41, 5.74) is 0.356. The minimum atomic E-state index is -5.55. The van der Waals surface area contributed by atoms with E-state index >= 15 is 0 Å². The standard InChI is InChI=1S/C12H8F5/c13-11(14,12(15,16)17)10-7-3-5-8-4-1-2-6-9(8)10/h1-6H,7H2. The van der Waals surface area contributed by atoms with E-state index in [-0.39, 0.29) is 12.0 Å². The Bertz CT molecular complexity index is 444. The van der Waals surface area contributed by atoms with E-state index < -0.39 is 18.0 Å². The molecule has 0 bridgehead atoms. The first kappa shape index (κ1) is 12.1. The summed E-state index contributed by atoms with van der Waals surface area (Å²) in [6.07, 6.45) is -3.08. The highest BCUT2D eigenvalue weighted by Gasteiger charge is 2.63. The van der Waals surface area contributed by atoms with Gasteiger partial charge in [-0.2, -0.15) is 22.0 Å². The summed E-state index contributed by atoms with van der Waals surface area (Å²) in [4.78, 5) is 0. The third-order valence-electron chi connectivity index (χ3n) is 2.64. The molecule has 0 atom stereocenters. The van der Waals surface area contributed by atoms with Crippen molar-refractivity contribution in [1.82, 2.24) is 0 Å². The fourth-order valence-electron chi connectivity index (χ4n) is 1.80. The average Bonchev–Trinajstić information content (AvgIpc) is 2.26. The van der Waals surface area contributed by atoms with Crippen molar-refractivity contribution in [2.75, 3.05) is 0 Å². The minimum Gasteiger partial charge on any atom is -0.195 e.